The smallest absolute Gasteiger partial charge is 0.239 e. The second-order valence-electron chi connectivity index (χ2n) is 4.52. The molecule has 0 aromatic heterocycles. The van der Waals surface area contributed by atoms with Crippen molar-refractivity contribution in [3.8, 4) is 5.75 Å². The van der Waals surface area contributed by atoms with E-state index in [4.69, 9.17) is 10.8 Å². The van der Waals surface area contributed by atoms with Crippen LogP contribution in [0, 0.1) is 0 Å². The van der Waals surface area contributed by atoms with Crippen molar-refractivity contribution >= 4 is 5.91 Å². The monoisotopic (exact) mass is 236 g/mol. The molecule has 0 saturated heterocycles. The molecule has 1 amide bonds. The Hall–Kier alpha value is -1.55. The lowest BCUT2D eigenvalue weighted by atomic mass is 10.1. The number of phenolic OH excluding ortho intramolecular Hbond substituents is 1. The summed E-state index contributed by atoms with van der Waals surface area (Å²) in [5.74, 6) is 0.154. The lowest BCUT2D eigenvalue weighted by Gasteiger charge is -2.24. The van der Waals surface area contributed by atoms with Gasteiger partial charge in [0.1, 0.15) is 5.75 Å². The van der Waals surface area contributed by atoms with Gasteiger partial charge in [-0.3, -0.25) is 4.79 Å². The van der Waals surface area contributed by atoms with Gasteiger partial charge in [-0.1, -0.05) is 12.1 Å². The predicted molar refractivity (Wildman–Crippen MR) is 67.7 cm³/mol. The zero-order chi connectivity index (χ0) is 13.0. The van der Waals surface area contributed by atoms with Crippen LogP contribution >= 0.6 is 0 Å². The Bertz CT molecular complexity index is 374. The summed E-state index contributed by atoms with van der Waals surface area (Å²) in [7, 11) is 1.75. The van der Waals surface area contributed by atoms with E-state index in [0.29, 0.717) is 6.42 Å². The Kier molecular flexibility index (Phi) is 4.52. The molecule has 1 aromatic carbocycles. The molecule has 1 rings (SSSR count). The number of benzene rings is 1. The molecule has 0 spiro atoms. The maximum atomic E-state index is 11.9. The minimum absolute atomic E-state index is 0.0620. The van der Waals surface area contributed by atoms with Crippen molar-refractivity contribution in [2.24, 2.45) is 5.73 Å². The average molecular weight is 236 g/mol. The van der Waals surface area contributed by atoms with E-state index in [0.717, 1.165) is 5.56 Å². The third-order valence-electron chi connectivity index (χ3n) is 2.83. The Labute approximate surface area is 102 Å². The minimum atomic E-state index is -0.535. The number of rotatable bonds is 4. The number of carbonyl (C=O) groups excluding carboxylic acids is 1. The Morgan fingerprint density at radius 2 is 1.88 bits per heavy atom. The van der Waals surface area contributed by atoms with Crippen molar-refractivity contribution in [2.75, 3.05) is 7.05 Å². The summed E-state index contributed by atoms with van der Waals surface area (Å²) in [4.78, 5) is 13.6. The van der Waals surface area contributed by atoms with Gasteiger partial charge in [0, 0.05) is 13.1 Å². The molecule has 0 aliphatic heterocycles. The van der Waals surface area contributed by atoms with E-state index < -0.39 is 6.04 Å². The fraction of sp³-hybridized carbons (Fsp3) is 0.462. The molecule has 17 heavy (non-hydrogen) atoms. The zero-order valence-corrected chi connectivity index (χ0v) is 10.6. The Morgan fingerprint density at radius 1 is 1.35 bits per heavy atom. The molecule has 4 heteroatoms. The molecule has 0 radical (unpaired) electrons. The lowest BCUT2D eigenvalue weighted by molar-refractivity contribution is -0.132. The summed E-state index contributed by atoms with van der Waals surface area (Å²) in [5.41, 5.74) is 6.82. The topological polar surface area (TPSA) is 66.6 Å². The zero-order valence-electron chi connectivity index (χ0n) is 10.6. The van der Waals surface area contributed by atoms with Gasteiger partial charge >= 0.3 is 0 Å². The molecule has 0 saturated carbocycles. The van der Waals surface area contributed by atoms with Crippen molar-refractivity contribution < 1.29 is 9.90 Å². The third kappa shape index (κ3) is 3.75. The summed E-state index contributed by atoms with van der Waals surface area (Å²) < 4.78 is 0. The first kappa shape index (κ1) is 13.5. The van der Waals surface area contributed by atoms with Crippen molar-refractivity contribution in [3.63, 3.8) is 0 Å². The van der Waals surface area contributed by atoms with Gasteiger partial charge in [-0.25, -0.2) is 0 Å². The number of carbonyl (C=O) groups is 1. The van der Waals surface area contributed by atoms with Gasteiger partial charge in [-0.2, -0.15) is 0 Å². The maximum Gasteiger partial charge on any atom is 0.239 e. The number of hydrogen-bond donors (Lipinski definition) is 2. The summed E-state index contributed by atoms with van der Waals surface area (Å²) in [6.45, 7) is 3.90. The van der Waals surface area contributed by atoms with Crippen LogP contribution in [0.15, 0.2) is 24.3 Å². The van der Waals surface area contributed by atoms with Crippen molar-refractivity contribution in [3.05, 3.63) is 29.8 Å². The number of hydrogen-bond acceptors (Lipinski definition) is 3. The van der Waals surface area contributed by atoms with Gasteiger partial charge in [0.15, 0.2) is 0 Å². The number of amides is 1. The number of likely N-dealkylation sites (N-methyl/N-ethyl adjacent to an activating group) is 1. The highest BCUT2D eigenvalue weighted by atomic mass is 16.3. The van der Waals surface area contributed by atoms with E-state index in [2.05, 4.69) is 0 Å². The number of nitrogens with two attached hydrogens (primary N) is 1. The highest BCUT2D eigenvalue weighted by Gasteiger charge is 2.19. The van der Waals surface area contributed by atoms with E-state index in [1.54, 1.807) is 36.2 Å². The molecule has 1 atom stereocenters. The normalized spacial score (nSPS) is 12.5. The largest absolute Gasteiger partial charge is 0.508 e. The molecule has 3 N–H and O–H groups in total. The van der Waals surface area contributed by atoms with Gasteiger partial charge < -0.3 is 15.7 Å². The second-order valence-corrected chi connectivity index (χ2v) is 4.52. The molecule has 0 heterocycles. The Morgan fingerprint density at radius 3 is 2.35 bits per heavy atom. The molecule has 1 aromatic rings. The Balaban J connectivity index is 2.63. The lowest BCUT2D eigenvalue weighted by Crippen LogP contribution is -2.45. The van der Waals surface area contributed by atoms with Crippen LogP contribution in [0.1, 0.15) is 19.4 Å². The van der Waals surface area contributed by atoms with Crippen molar-refractivity contribution in [1.82, 2.24) is 4.90 Å². The van der Waals surface area contributed by atoms with E-state index in [1.807, 2.05) is 13.8 Å². The molecular weight excluding hydrogens is 216 g/mol. The van der Waals surface area contributed by atoms with Crippen LogP contribution in [0.25, 0.3) is 0 Å². The summed E-state index contributed by atoms with van der Waals surface area (Å²) in [6.07, 6.45) is 0.482. The standard InChI is InChI=1S/C13H20N2O2/c1-9(2)15(3)13(17)12(14)8-10-4-6-11(16)7-5-10/h4-7,9,12,16H,8,14H2,1-3H3/t12-/m1/s1. The number of nitrogens with zero attached hydrogens (tertiary/aromatic N) is 1. The average Bonchev–Trinajstić information content (AvgIpc) is 2.30. The first-order chi connectivity index (χ1) is 7.91. The third-order valence-corrected chi connectivity index (χ3v) is 2.83. The number of phenols is 1. The highest BCUT2D eigenvalue weighted by molar-refractivity contribution is 5.82. The summed E-state index contributed by atoms with van der Waals surface area (Å²) in [6, 6.07) is 6.35. The van der Waals surface area contributed by atoms with Crippen LogP contribution in [-0.2, 0) is 11.2 Å². The van der Waals surface area contributed by atoms with Crippen LogP contribution in [-0.4, -0.2) is 35.0 Å². The molecule has 0 bridgehead atoms. The van der Waals surface area contributed by atoms with Gasteiger partial charge in [-0.15, -0.1) is 0 Å². The highest BCUT2D eigenvalue weighted by Crippen LogP contribution is 2.11. The van der Waals surface area contributed by atoms with Crippen LogP contribution < -0.4 is 5.73 Å². The van der Waals surface area contributed by atoms with Crippen LogP contribution in [0.2, 0.25) is 0 Å². The minimum Gasteiger partial charge on any atom is -0.508 e. The predicted octanol–water partition coefficient (Wildman–Crippen LogP) is 1.13. The first-order valence-electron chi connectivity index (χ1n) is 5.72. The first-order valence-corrected chi connectivity index (χ1v) is 5.72. The van der Waals surface area contributed by atoms with E-state index >= 15 is 0 Å². The SMILES string of the molecule is CC(C)N(C)C(=O)[C@H](N)Cc1ccc(O)cc1. The molecule has 94 valence electrons. The quantitative estimate of drug-likeness (QED) is 0.823. The van der Waals surface area contributed by atoms with Crippen molar-refractivity contribution in [2.45, 2.75) is 32.4 Å². The fourth-order valence-electron chi connectivity index (χ4n) is 1.49. The molecule has 0 aliphatic carbocycles. The van der Waals surface area contributed by atoms with E-state index in [-0.39, 0.29) is 17.7 Å². The molecular formula is C13H20N2O2. The van der Waals surface area contributed by atoms with E-state index in [1.165, 1.54) is 0 Å². The number of aromatic hydroxyl groups is 1. The summed E-state index contributed by atoms with van der Waals surface area (Å²) >= 11 is 0. The molecule has 0 aliphatic rings. The van der Waals surface area contributed by atoms with Crippen LogP contribution in [0.3, 0.4) is 0 Å². The van der Waals surface area contributed by atoms with Gasteiger partial charge in [-0.05, 0) is 38.0 Å². The van der Waals surface area contributed by atoms with Crippen molar-refractivity contribution in [1.29, 1.82) is 0 Å². The molecule has 0 fully saturated rings. The van der Waals surface area contributed by atoms with Crippen LogP contribution in [0.5, 0.6) is 5.75 Å². The second kappa shape index (κ2) is 5.68. The maximum absolute atomic E-state index is 11.9. The summed E-state index contributed by atoms with van der Waals surface area (Å²) in [5, 5.41) is 9.15. The molecule has 0 unspecified atom stereocenters. The van der Waals surface area contributed by atoms with E-state index in [9.17, 15) is 4.79 Å². The molecule has 4 nitrogen and oxygen atoms in total. The van der Waals surface area contributed by atoms with Gasteiger partial charge in [0.2, 0.25) is 5.91 Å². The fourth-order valence-corrected chi connectivity index (χ4v) is 1.49. The van der Waals surface area contributed by atoms with Gasteiger partial charge in [0.05, 0.1) is 6.04 Å². The van der Waals surface area contributed by atoms with Crippen LogP contribution in [0.4, 0.5) is 0 Å². The van der Waals surface area contributed by atoms with Gasteiger partial charge in [0.25, 0.3) is 0 Å².